The van der Waals surface area contributed by atoms with Crippen molar-refractivity contribution in [3.8, 4) is 11.5 Å². The molecule has 0 amide bonds. The molecule has 0 saturated carbocycles. The average molecular weight is 553 g/mol. The molecule has 1 N–H and O–H groups in total. The van der Waals surface area contributed by atoms with Crippen molar-refractivity contribution in [1.82, 2.24) is 9.47 Å². The van der Waals surface area contributed by atoms with Crippen LogP contribution in [-0.4, -0.2) is 59.3 Å². The fourth-order valence-corrected chi connectivity index (χ4v) is 5.21. The van der Waals surface area contributed by atoms with Gasteiger partial charge in [-0.3, -0.25) is 9.69 Å². The maximum atomic E-state index is 10.4. The van der Waals surface area contributed by atoms with Gasteiger partial charge in [0.2, 0.25) is 0 Å². The van der Waals surface area contributed by atoms with E-state index in [1.54, 1.807) is 33.3 Å². The van der Waals surface area contributed by atoms with Gasteiger partial charge in [-0.25, -0.2) is 0 Å². The number of aromatic nitrogens is 1. The van der Waals surface area contributed by atoms with E-state index in [0.717, 1.165) is 44.5 Å². The van der Waals surface area contributed by atoms with Gasteiger partial charge in [0, 0.05) is 57.7 Å². The van der Waals surface area contributed by atoms with Crippen molar-refractivity contribution in [1.29, 1.82) is 0 Å². The molecule has 2 fully saturated rings. The molecule has 4 rings (SSSR count). The number of rotatable bonds is 8. The van der Waals surface area contributed by atoms with Gasteiger partial charge < -0.3 is 19.1 Å². The molecule has 3 unspecified atom stereocenters. The number of hydrogen-bond acceptors (Lipinski definition) is 5. The van der Waals surface area contributed by atoms with Crippen molar-refractivity contribution in [3.05, 3.63) is 72.1 Å². The molecule has 2 saturated heterocycles. The van der Waals surface area contributed by atoms with Gasteiger partial charge in [0.1, 0.15) is 23.4 Å². The van der Waals surface area contributed by atoms with Gasteiger partial charge in [0.25, 0.3) is 0 Å². The highest BCUT2D eigenvalue weighted by atomic mass is 16.5. The third kappa shape index (κ3) is 11.3. The Bertz CT molecular complexity index is 1050. The Morgan fingerprint density at radius 1 is 0.975 bits per heavy atom. The summed E-state index contributed by atoms with van der Waals surface area (Å²) in [6.45, 7) is 12.1. The number of carbonyl (C=O) groups is 1. The molecule has 222 valence electrons. The van der Waals surface area contributed by atoms with Crippen LogP contribution in [0.2, 0.25) is 0 Å². The number of ether oxygens (including phenoxy) is 2. The second-order valence-electron chi connectivity index (χ2n) is 11.1. The van der Waals surface area contributed by atoms with Crippen LogP contribution >= 0.6 is 0 Å². The van der Waals surface area contributed by atoms with E-state index in [2.05, 4.69) is 64.7 Å². The second-order valence-corrected chi connectivity index (χ2v) is 11.1. The molecule has 2 bridgehead atoms. The number of benzene rings is 1. The summed E-state index contributed by atoms with van der Waals surface area (Å²) in [5.74, 6) is 1.71. The number of nitrogens with zero attached hydrogens (tertiary/aromatic N) is 2. The number of methoxy groups -OCH3 is 1. The van der Waals surface area contributed by atoms with E-state index < -0.39 is 0 Å². The molecule has 2 aliphatic heterocycles. The van der Waals surface area contributed by atoms with Crippen LogP contribution in [0.3, 0.4) is 0 Å². The van der Waals surface area contributed by atoms with Crippen molar-refractivity contribution in [2.75, 3.05) is 20.8 Å². The average Bonchev–Trinajstić information content (AvgIpc) is 3.20. The molecule has 6 nitrogen and oxygen atoms in total. The topological polar surface area (TPSA) is 63.9 Å². The summed E-state index contributed by atoms with van der Waals surface area (Å²) in [7, 11) is 3.25. The fraction of sp³-hybridized carbons (Fsp3) is 0.559. The van der Waals surface area contributed by atoms with Crippen LogP contribution in [0, 0.1) is 19.8 Å². The zero-order valence-corrected chi connectivity index (χ0v) is 25.8. The van der Waals surface area contributed by atoms with E-state index in [1.165, 1.54) is 24.0 Å². The lowest BCUT2D eigenvalue weighted by Crippen LogP contribution is -2.46. The number of fused-ring (bicyclic) bond motifs is 2. The number of aromatic hydroxyl groups is 1. The summed E-state index contributed by atoms with van der Waals surface area (Å²) < 4.78 is 12.8. The maximum absolute atomic E-state index is 10.4. The van der Waals surface area contributed by atoms with Crippen LogP contribution in [0.4, 0.5) is 0 Å². The summed E-state index contributed by atoms with van der Waals surface area (Å²) >= 11 is 0. The van der Waals surface area contributed by atoms with Crippen LogP contribution in [0.15, 0.2) is 60.9 Å². The SMILES string of the molecule is CCC(C)C(C)=O.COC.Cc1cccccn(CCCN2C3CCC2CC(Oc2ccc(O)cc2)C3)cc1C. The summed E-state index contributed by atoms with van der Waals surface area (Å²) in [6.07, 6.45) is 11.7. The Morgan fingerprint density at radius 3 is 2.15 bits per heavy atom. The minimum absolute atomic E-state index is 0.264. The molecular weight excluding hydrogens is 500 g/mol. The summed E-state index contributed by atoms with van der Waals surface area (Å²) in [5.41, 5.74) is 2.63. The van der Waals surface area contributed by atoms with E-state index in [4.69, 9.17) is 4.74 Å². The van der Waals surface area contributed by atoms with Gasteiger partial charge in [0.05, 0.1) is 0 Å². The number of carbonyl (C=O) groups excluding carboxylic acids is 1. The number of phenols is 1. The molecule has 0 spiro atoms. The molecule has 6 heteroatoms. The number of ketones is 1. The van der Waals surface area contributed by atoms with Crippen molar-refractivity contribution in [2.45, 2.75) is 97.9 Å². The Labute approximate surface area is 242 Å². The first-order valence-corrected chi connectivity index (χ1v) is 14.8. The number of phenolic OH excluding ortho intramolecular Hbond substituents is 1. The second kappa shape index (κ2) is 17.8. The first kappa shape index (κ1) is 33.4. The first-order valence-electron chi connectivity index (χ1n) is 14.8. The molecule has 1 aromatic heterocycles. The summed E-state index contributed by atoms with van der Waals surface area (Å²) in [5, 5.41) is 9.46. The highest BCUT2D eigenvalue weighted by Crippen LogP contribution is 2.37. The van der Waals surface area contributed by atoms with Crippen molar-refractivity contribution in [2.24, 2.45) is 5.92 Å². The molecule has 40 heavy (non-hydrogen) atoms. The molecule has 2 aliphatic rings. The zero-order chi connectivity index (χ0) is 29.5. The first-order chi connectivity index (χ1) is 19.2. The normalized spacial score (nSPS) is 20.2. The lowest BCUT2D eigenvalue weighted by atomic mass is 9.99. The van der Waals surface area contributed by atoms with Crippen LogP contribution in [-0.2, 0) is 16.1 Å². The number of piperidine rings is 1. The van der Waals surface area contributed by atoms with Crippen LogP contribution in [0.1, 0.15) is 70.4 Å². The van der Waals surface area contributed by atoms with E-state index in [0.29, 0.717) is 17.9 Å². The highest BCUT2D eigenvalue weighted by molar-refractivity contribution is 5.77. The monoisotopic (exact) mass is 552 g/mol. The predicted octanol–water partition coefficient (Wildman–Crippen LogP) is 7.28. The minimum Gasteiger partial charge on any atom is -0.508 e. The number of hydrogen-bond donors (Lipinski definition) is 1. The Balaban J connectivity index is 0.000000483. The van der Waals surface area contributed by atoms with Crippen molar-refractivity contribution < 1.29 is 19.4 Å². The van der Waals surface area contributed by atoms with Gasteiger partial charge in [-0.15, -0.1) is 0 Å². The van der Waals surface area contributed by atoms with Crippen molar-refractivity contribution >= 4 is 5.78 Å². The molecule has 0 radical (unpaired) electrons. The Hall–Kier alpha value is -2.83. The molecule has 2 aromatic rings. The van der Waals surface area contributed by atoms with E-state index in [-0.39, 0.29) is 17.8 Å². The van der Waals surface area contributed by atoms with Gasteiger partial charge in [0.15, 0.2) is 0 Å². The van der Waals surface area contributed by atoms with Gasteiger partial charge in [-0.1, -0.05) is 32.0 Å². The van der Waals surface area contributed by atoms with Gasteiger partial charge in [-0.2, -0.15) is 0 Å². The Morgan fingerprint density at radius 2 is 1.60 bits per heavy atom. The lowest BCUT2D eigenvalue weighted by Gasteiger charge is -2.39. The fourth-order valence-electron chi connectivity index (χ4n) is 5.21. The quantitative estimate of drug-likeness (QED) is 0.373. The summed E-state index contributed by atoms with van der Waals surface area (Å²) in [6, 6.07) is 16.9. The smallest absolute Gasteiger partial charge is 0.132 e. The molecule has 1 aromatic carbocycles. The van der Waals surface area contributed by atoms with Gasteiger partial charge >= 0.3 is 0 Å². The van der Waals surface area contributed by atoms with E-state index in [1.807, 2.05) is 26.0 Å². The predicted molar refractivity (Wildman–Crippen MR) is 164 cm³/mol. The van der Waals surface area contributed by atoms with E-state index in [9.17, 15) is 9.90 Å². The third-order valence-corrected chi connectivity index (χ3v) is 7.95. The standard InChI is InChI=1S/C26H34N2O2.C6H12O.C2H6O/c1-20-7-4-3-5-14-27(19-21(20)2)15-6-16-28-22-8-9-23(28)18-26(17-22)30-25-12-10-24(29)11-13-25;1-4-5(2)6(3)7;1-3-2/h3-5,7,10-14,19,22-23,26,29H,6,8-9,15-18H2,1-2H3;5H,4H2,1-3H3;1-2H3. The lowest BCUT2D eigenvalue weighted by molar-refractivity contribution is -0.120. The largest absolute Gasteiger partial charge is 0.508 e. The zero-order valence-electron chi connectivity index (χ0n) is 25.8. The molecular formula is C34H52N2O4. The molecule has 3 heterocycles. The number of Topliss-reactive ketones (excluding diaryl/α,β-unsaturated/α-hetero) is 1. The van der Waals surface area contributed by atoms with Crippen LogP contribution in [0.5, 0.6) is 11.5 Å². The summed E-state index contributed by atoms with van der Waals surface area (Å²) in [4.78, 5) is 13.1. The maximum Gasteiger partial charge on any atom is 0.132 e. The third-order valence-electron chi connectivity index (χ3n) is 7.95. The highest BCUT2D eigenvalue weighted by Gasteiger charge is 2.41. The Kier molecular flexibility index (Phi) is 14.8. The van der Waals surface area contributed by atoms with Crippen LogP contribution in [0.25, 0.3) is 0 Å². The van der Waals surface area contributed by atoms with Crippen LogP contribution < -0.4 is 4.74 Å². The molecule has 0 aliphatic carbocycles. The number of aryl methyl sites for hydroxylation is 3. The van der Waals surface area contributed by atoms with Gasteiger partial charge in [-0.05, 0) is 101 Å². The van der Waals surface area contributed by atoms with Crippen molar-refractivity contribution in [3.63, 3.8) is 0 Å². The minimum atomic E-state index is 0.264. The van der Waals surface area contributed by atoms with E-state index >= 15 is 0 Å². The molecule has 3 atom stereocenters.